The van der Waals surface area contributed by atoms with Crippen LogP contribution in [-0.4, -0.2) is 24.2 Å². The number of hydrogen-bond donors (Lipinski definition) is 2. The van der Waals surface area contributed by atoms with Crippen molar-refractivity contribution in [1.29, 1.82) is 0 Å². The number of aliphatic hydroxyl groups is 2. The maximum Gasteiger partial charge on any atom is 0.114 e. The molecule has 5 rings (SSSR count). The minimum absolute atomic E-state index is 0.136. The van der Waals surface area contributed by atoms with Crippen LogP contribution in [0.3, 0.4) is 0 Å². The third-order valence-corrected chi connectivity index (χ3v) is 7.99. The molecule has 27 heavy (non-hydrogen) atoms. The second-order valence-corrected chi connectivity index (χ2v) is 9.58. The fourth-order valence-corrected chi connectivity index (χ4v) is 6.82. The van der Waals surface area contributed by atoms with Gasteiger partial charge in [0.1, 0.15) is 13.6 Å². The van der Waals surface area contributed by atoms with Crippen molar-refractivity contribution in [3.8, 4) is 0 Å². The smallest absolute Gasteiger partial charge is 0.114 e. The molecule has 5 atom stereocenters. The molecule has 2 fully saturated rings. The summed E-state index contributed by atoms with van der Waals surface area (Å²) in [4.78, 5) is 0. The van der Waals surface area contributed by atoms with Crippen molar-refractivity contribution >= 4 is 7.85 Å². The predicted molar refractivity (Wildman–Crippen MR) is 111 cm³/mol. The van der Waals surface area contributed by atoms with E-state index in [-0.39, 0.29) is 16.8 Å². The topological polar surface area (TPSA) is 40.5 Å². The summed E-state index contributed by atoms with van der Waals surface area (Å²) in [6.45, 7) is 0. The molecule has 140 valence electrons. The van der Waals surface area contributed by atoms with E-state index < -0.39 is 0 Å². The highest BCUT2D eigenvalue weighted by molar-refractivity contribution is 6.18. The van der Waals surface area contributed by atoms with Crippen molar-refractivity contribution in [2.45, 2.75) is 56.4 Å². The third-order valence-electron chi connectivity index (χ3n) is 7.99. The number of allylic oxidation sites excluding steroid dienone is 4. The molecular formula is C24H29BO2. The average Bonchev–Trinajstić information content (AvgIpc) is 2.96. The van der Waals surface area contributed by atoms with Gasteiger partial charge in [0.15, 0.2) is 0 Å². The fourth-order valence-electron chi connectivity index (χ4n) is 6.82. The van der Waals surface area contributed by atoms with Crippen LogP contribution in [0.4, 0.5) is 0 Å². The summed E-state index contributed by atoms with van der Waals surface area (Å²) in [5.74, 6) is 1.31. The average molecular weight is 360 g/mol. The first-order chi connectivity index (χ1) is 13.0. The van der Waals surface area contributed by atoms with Gasteiger partial charge in [0.25, 0.3) is 0 Å². The largest absolute Gasteiger partial charge is 0.508 e. The summed E-state index contributed by atoms with van der Waals surface area (Å²) < 4.78 is 0. The van der Waals surface area contributed by atoms with Crippen LogP contribution in [-0.2, 0) is 6.42 Å². The maximum atomic E-state index is 10.5. The highest BCUT2D eigenvalue weighted by atomic mass is 16.3. The number of fused-ring (bicyclic) bond motifs is 4. The van der Waals surface area contributed by atoms with Crippen molar-refractivity contribution < 1.29 is 10.2 Å². The summed E-state index contributed by atoms with van der Waals surface area (Å²) in [6, 6.07) is 10.9. The fraction of sp³-hybridized carbons (Fsp3) is 0.500. The molecule has 0 amide bonds. The van der Waals surface area contributed by atoms with Gasteiger partial charge in [-0.15, -0.1) is 0 Å². The minimum atomic E-state index is -0.173. The lowest BCUT2D eigenvalue weighted by molar-refractivity contribution is 0.120. The van der Waals surface area contributed by atoms with E-state index in [9.17, 15) is 10.2 Å². The van der Waals surface area contributed by atoms with Crippen molar-refractivity contribution in [2.75, 3.05) is 0 Å². The first kappa shape index (κ1) is 17.4. The Hall–Kier alpha value is -1.74. The number of hydrogen-bond acceptors (Lipinski definition) is 2. The van der Waals surface area contributed by atoms with Crippen molar-refractivity contribution in [3.63, 3.8) is 0 Å². The Morgan fingerprint density at radius 3 is 2.74 bits per heavy atom. The third kappa shape index (κ3) is 2.66. The van der Waals surface area contributed by atoms with Gasteiger partial charge in [-0.2, -0.15) is 0 Å². The summed E-state index contributed by atoms with van der Waals surface area (Å²) >= 11 is 0. The van der Waals surface area contributed by atoms with Gasteiger partial charge in [-0.05, 0) is 73.4 Å². The van der Waals surface area contributed by atoms with Crippen molar-refractivity contribution in [2.24, 2.45) is 17.3 Å². The van der Waals surface area contributed by atoms with E-state index >= 15 is 0 Å². The molecule has 2 saturated carbocycles. The summed E-state index contributed by atoms with van der Waals surface area (Å²) in [5.41, 5.74) is 4.77. The van der Waals surface area contributed by atoms with Gasteiger partial charge in [-0.1, -0.05) is 54.0 Å². The van der Waals surface area contributed by atoms with Crippen LogP contribution < -0.4 is 0 Å². The number of aliphatic hydroxyl groups excluding tert-OH is 2. The van der Waals surface area contributed by atoms with Crippen LogP contribution in [0.2, 0.25) is 5.31 Å². The van der Waals surface area contributed by atoms with E-state index in [0.29, 0.717) is 17.6 Å². The molecule has 1 aromatic carbocycles. The van der Waals surface area contributed by atoms with Crippen LogP contribution in [0.5, 0.6) is 0 Å². The zero-order valence-corrected chi connectivity index (χ0v) is 16.2. The molecule has 1 aromatic rings. The SMILES string of the molecule is B[C@@]12CCC3(Cc4ccccc4)C(=C1C[C@H](O)C2)CCC1C=C(O)C=CC13. The molecule has 0 spiro atoms. The van der Waals surface area contributed by atoms with E-state index in [1.54, 1.807) is 11.1 Å². The van der Waals surface area contributed by atoms with E-state index in [2.05, 4.69) is 50.3 Å². The first-order valence-corrected chi connectivity index (χ1v) is 10.5. The molecule has 2 nitrogen and oxygen atoms in total. The Bertz CT molecular complexity index is 839. The summed E-state index contributed by atoms with van der Waals surface area (Å²) in [5, 5.41) is 20.7. The van der Waals surface area contributed by atoms with Crippen molar-refractivity contribution in [3.05, 3.63) is 71.0 Å². The molecule has 2 N–H and O–H groups in total. The highest BCUT2D eigenvalue weighted by Crippen LogP contribution is 2.66. The maximum absolute atomic E-state index is 10.5. The lowest BCUT2D eigenvalue weighted by Gasteiger charge is -2.55. The van der Waals surface area contributed by atoms with E-state index in [4.69, 9.17) is 0 Å². The molecule has 4 aliphatic carbocycles. The zero-order valence-electron chi connectivity index (χ0n) is 16.2. The van der Waals surface area contributed by atoms with Crippen LogP contribution in [0.1, 0.15) is 44.1 Å². The zero-order chi connectivity index (χ0) is 18.6. The molecule has 3 unspecified atom stereocenters. The highest BCUT2D eigenvalue weighted by Gasteiger charge is 2.55. The summed E-state index contributed by atoms with van der Waals surface area (Å²) in [7, 11) is 2.38. The van der Waals surface area contributed by atoms with Gasteiger partial charge >= 0.3 is 0 Å². The Morgan fingerprint density at radius 1 is 1.11 bits per heavy atom. The van der Waals surface area contributed by atoms with E-state index in [1.165, 1.54) is 18.4 Å². The molecular weight excluding hydrogens is 331 g/mol. The Morgan fingerprint density at radius 2 is 1.93 bits per heavy atom. The molecule has 0 aliphatic heterocycles. The Labute approximate surface area is 163 Å². The number of benzene rings is 1. The van der Waals surface area contributed by atoms with Gasteiger partial charge in [0.05, 0.1) is 6.10 Å². The molecule has 0 saturated heterocycles. The van der Waals surface area contributed by atoms with Gasteiger partial charge in [0.2, 0.25) is 0 Å². The van der Waals surface area contributed by atoms with Crippen LogP contribution in [0, 0.1) is 17.3 Å². The van der Waals surface area contributed by atoms with E-state index in [0.717, 1.165) is 32.1 Å². The van der Waals surface area contributed by atoms with Crippen molar-refractivity contribution in [1.82, 2.24) is 0 Å². The predicted octanol–water partition coefficient (Wildman–Crippen LogP) is 4.29. The molecule has 0 heterocycles. The molecule has 0 bridgehead atoms. The van der Waals surface area contributed by atoms with Gasteiger partial charge in [-0.3, -0.25) is 0 Å². The lowest BCUT2D eigenvalue weighted by Crippen LogP contribution is -2.46. The van der Waals surface area contributed by atoms with E-state index in [1.807, 2.05) is 6.08 Å². The quantitative estimate of drug-likeness (QED) is 0.610. The van der Waals surface area contributed by atoms with Crippen LogP contribution >= 0.6 is 0 Å². The summed E-state index contributed by atoms with van der Waals surface area (Å²) in [6.07, 6.45) is 13.6. The van der Waals surface area contributed by atoms with Gasteiger partial charge < -0.3 is 10.2 Å². The van der Waals surface area contributed by atoms with Crippen LogP contribution in [0.25, 0.3) is 0 Å². The van der Waals surface area contributed by atoms with Crippen LogP contribution in [0.15, 0.2) is 65.5 Å². The van der Waals surface area contributed by atoms with Gasteiger partial charge in [0, 0.05) is 5.41 Å². The normalized spacial score (nSPS) is 40.2. The molecule has 4 aliphatic rings. The first-order valence-electron chi connectivity index (χ1n) is 10.5. The lowest BCUT2D eigenvalue weighted by atomic mass is 9.46. The monoisotopic (exact) mass is 360 g/mol. The van der Waals surface area contributed by atoms with Gasteiger partial charge in [-0.25, -0.2) is 0 Å². The second-order valence-electron chi connectivity index (χ2n) is 9.58. The standard InChI is InChI=1S/C24H29BO2/c25-24-11-10-23(14-16-4-2-1-3-5-16)20-9-7-18(26)12-17(20)6-8-21(23)22(24)13-19(27)15-24/h1-5,7,9,12,17,19-20,26-27H,6,8,10-11,13-15,25H2/t17?,19-,20?,23?,24+/m0/s1. The Balaban J connectivity index is 1.65. The second kappa shape index (κ2) is 6.14. The molecule has 0 radical (unpaired) electrons. The molecule has 3 heteroatoms. The number of rotatable bonds is 2. The Kier molecular flexibility index (Phi) is 3.95. The minimum Gasteiger partial charge on any atom is -0.508 e. The molecule has 0 aromatic heterocycles.